The molecule has 0 radical (unpaired) electrons. The minimum absolute atomic E-state index is 0.0523. The first-order valence-corrected chi connectivity index (χ1v) is 6.45. The predicted octanol–water partition coefficient (Wildman–Crippen LogP) is 3.30. The van der Waals surface area contributed by atoms with Gasteiger partial charge in [-0.1, -0.05) is 13.8 Å². The molecule has 0 N–H and O–H groups in total. The van der Waals surface area contributed by atoms with Gasteiger partial charge in [0.25, 0.3) is 0 Å². The fourth-order valence-corrected chi connectivity index (χ4v) is 2.90. The molecule has 0 aliphatic heterocycles. The lowest BCUT2D eigenvalue weighted by atomic mass is 10.1. The van der Waals surface area contributed by atoms with Crippen molar-refractivity contribution < 1.29 is 4.79 Å². The largest absolute Gasteiger partial charge is 0.293 e. The Morgan fingerprint density at radius 1 is 1.41 bits per heavy atom. The van der Waals surface area contributed by atoms with E-state index < -0.39 is 0 Å². The minimum atomic E-state index is 0.0523. The quantitative estimate of drug-likeness (QED) is 0.781. The van der Waals surface area contributed by atoms with Gasteiger partial charge in [-0.2, -0.15) is 5.10 Å². The zero-order valence-corrected chi connectivity index (χ0v) is 11.3. The highest BCUT2D eigenvalue weighted by Gasteiger charge is 2.15. The van der Waals surface area contributed by atoms with E-state index in [1.807, 2.05) is 46.1 Å². The summed E-state index contributed by atoms with van der Waals surface area (Å²) < 4.78 is 1.80. The number of thiophene rings is 1. The first-order valence-electron chi connectivity index (χ1n) is 5.63. The number of carbonyl (C=O) groups excluding carboxylic acids is 1. The van der Waals surface area contributed by atoms with Crippen molar-refractivity contribution in [3.8, 4) is 10.4 Å². The predicted molar refractivity (Wildman–Crippen MR) is 70.4 cm³/mol. The number of nitrogens with zero attached hydrogens (tertiary/aromatic N) is 2. The Morgan fingerprint density at radius 2 is 2.12 bits per heavy atom. The van der Waals surface area contributed by atoms with E-state index in [1.165, 1.54) is 0 Å². The molecular weight excluding hydrogens is 232 g/mol. The van der Waals surface area contributed by atoms with E-state index in [0.29, 0.717) is 0 Å². The maximum absolute atomic E-state index is 11.9. The number of hydrogen-bond donors (Lipinski definition) is 0. The minimum Gasteiger partial charge on any atom is -0.293 e. The average Bonchev–Trinajstić information content (AvgIpc) is 2.83. The van der Waals surface area contributed by atoms with Gasteiger partial charge in [-0.3, -0.25) is 9.48 Å². The highest BCUT2D eigenvalue weighted by atomic mass is 32.1. The third kappa shape index (κ3) is 2.31. The second kappa shape index (κ2) is 4.45. The van der Waals surface area contributed by atoms with E-state index in [-0.39, 0.29) is 11.7 Å². The number of ketones is 1. The molecule has 0 saturated carbocycles. The molecule has 2 rings (SSSR count). The van der Waals surface area contributed by atoms with Crippen molar-refractivity contribution in [1.82, 2.24) is 9.78 Å². The first-order chi connectivity index (χ1) is 7.99. The first kappa shape index (κ1) is 12.0. The van der Waals surface area contributed by atoms with Gasteiger partial charge in [-0.15, -0.1) is 11.3 Å². The highest BCUT2D eigenvalue weighted by Crippen LogP contribution is 2.31. The summed E-state index contributed by atoms with van der Waals surface area (Å²) in [5.41, 5.74) is 2.11. The molecule has 0 spiro atoms. The van der Waals surface area contributed by atoms with E-state index in [4.69, 9.17) is 0 Å². The van der Waals surface area contributed by atoms with Gasteiger partial charge in [0.05, 0.1) is 10.6 Å². The molecule has 2 heterocycles. The Labute approximate surface area is 105 Å². The van der Waals surface area contributed by atoms with Crippen molar-refractivity contribution in [3.63, 3.8) is 0 Å². The second-order valence-corrected chi connectivity index (χ2v) is 5.57. The van der Waals surface area contributed by atoms with E-state index in [0.717, 1.165) is 21.0 Å². The molecule has 0 aliphatic carbocycles. The summed E-state index contributed by atoms with van der Waals surface area (Å²) in [6.45, 7) is 5.84. The summed E-state index contributed by atoms with van der Waals surface area (Å²) in [7, 11) is 1.91. The monoisotopic (exact) mass is 248 g/mol. The lowest BCUT2D eigenvalue weighted by Gasteiger charge is -1.99. The Bertz CT molecular complexity index is 552. The smallest absolute Gasteiger partial charge is 0.175 e. The van der Waals surface area contributed by atoms with Crippen LogP contribution in [0.5, 0.6) is 0 Å². The van der Waals surface area contributed by atoms with Gasteiger partial charge in [-0.05, 0) is 19.1 Å². The number of aromatic nitrogens is 2. The molecule has 0 aliphatic rings. The van der Waals surface area contributed by atoms with Crippen LogP contribution in [-0.4, -0.2) is 15.6 Å². The lowest BCUT2D eigenvalue weighted by Crippen LogP contribution is -2.04. The van der Waals surface area contributed by atoms with Gasteiger partial charge in [0.15, 0.2) is 5.78 Å². The number of carbonyl (C=O) groups is 1. The molecule has 0 unspecified atom stereocenters. The summed E-state index contributed by atoms with van der Waals surface area (Å²) in [4.78, 5) is 13.8. The van der Waals surface area contributed by atoms with Crippen LogP contribution < -0.4 is 0 Å². The molecule has 17 heavy (non-hydrogen) atoms. The van der Waals surface area contributed by atoms with Crippen LogP contribution in [0.15, 0.2) is 18.3 Å². The van der Waals surface area contributed by atoms with Crippen LogP contribution in [-0.2, 0) is 7.05 Å². The summed E-state index contributed by atoms with van der Waals surface area (Å²) in [5, 5.41) is 4.32. The van der Waals surface area contributed by atoms with Crippen LogP contribution in [0.1, 0.15) is 29.2 Å². The molecule has 2 aromatic rings. The zero-order valence-electron chi connectivity index (χ0n) is 10.5. The molecule has 0 atom stereocenters. The van der Waals surface area contributed by atoms with E-state index >= 15 is 0 Å². The maximum Gasteiger partial charge on any atom is 0.175 e. The van der Waals surface area contributed by atoms with Crippen LogP contribution in [0.25, 0.3) is 10.4 Å². The third-order valence-electron chi connectivity index (χ3n) is 2.65. The molecule has 0 aromatic carbocycles. The summed E-state index contributed by atoms with van der Waals surface area (Å²) in [6.07, 6.45) is 1.99. The molecule has 90 valence electrons. The summed E-state index contributed by atoms with van der Waals surface area (Å²) in [6, 6.07) is 3.92. The summed E-state index contributed by atoms with van der Waals surface area (Å²) in [5.74, 6) is 0.263. The second-order valence-electron chi connectivity index (χ2n) is 4.48. The topological polar surface area (TPSA) is 34.9 Å². The maximum atomic E-state index is 11.9. The van der Waals surface area contributed by atoms with Crippen LogP contribution in [0, 0.1) is 12.8 Å². The van der Waals surface area contributed by atoms with Crippen molar-refractivity contribution in [1.29, 1.82) is 0 Å². The van der Waals surface area contributed by atoms with Gasteiger partial charge in [0.1, 0.15) is 0 Å². The standard InChI is InChI=1S/C13H16N2OS/c1-8(2)13(16)12-6-5-11(17-12)10-7-15(4)14-9(10)3/h5-8H,1-4H3. The molecule has 0 fully saturated rings. The van der Waals surface area contributed by atoms with E-state index in [9.17, 15) is 4.79 Å². The molecule has 0 amide bonds. The van der Waals surface area contributed by atoms with E-state index in [2.05, 4.69) is 5.10 Å². The Morgan fingerprint density at radius 3 is 2.65 bits per heavy atom. The molecule has 4 heteroatoms. The number of hydrogen-bond acceptors (Lipinski definition) is 3. The fraction of sp³-hybridized carbons (Fsp3) is 0.385. The van der Waals surface area contributed by atoms with Crippen molar-refractivity contribution in [2.24, 2.45) is 13.0 Å². The number of rotatable bonds is 3. The average molecular weight is 248 g/mol. The molecule has 3 nitrogen and oxygen atoms in total. The fourth-order valence-electron chi connectivity index (χ4n) is 1.74. The van der Waals surface area contributed by atoms with Crippen molar-refractivity contribution in [2.45, 2.75) is 20.8 Å². The zero-order chi connectivity index (χ0) is 12.6. The van der Waals surface area contributed by atoms with Crippen molar-refractivity contribution >= 4 is 17.1 Å². The van der Waals surface area contributed by atoms with Crippen molar-refractivity contribution in [2.75, 3.05) is 0 Å². The van der Waals surface area contributed by atoms with Crippen LogP contribution in [0.3, 0.4) is 0 Å². The van der Waals surface area contributed by atoms with Gasteiger partial charge in [0, 0.05) is 29.6 Å². The Kier molecular flexibility index (Phi) is 3.15. The SMILES string of the molecule is Cc1nn(C)cc1-c1ccc(C(=O)C(C)C)s1. The van der Waals surface area contributed by atoms with Gasteiger partial charge < -0.3 is 0 Å². The normalized spacial score (nSPS) is 11.1. The van der Waals surface area contributed by atoms with Gasteiger partial charge in [-0.25, -0.2) is 0 Å². The number of aryl methyl sites for hydroxylation is 2. The van der Waals surface area contributed by atoms with Crippen LogP contribution in [0.4, 0.5) is 0 Å². The lowest BCUT2D eigenvalue weighted by molar-refractivity contribution is 0.0943. The molecule has 0 saturated heterocycles. The van der Waals surface area contributed by atoms with Crippen LogP contribution in [0.2, 0.25) is 0 Å². The van der Waals surface area contributed by atoms with Crippen LogP contribution >= 0.6 is 11.3 Å². The molecule has 2 aromatic heterocycles. The van der Waals surface area contributed by atoms with Crippen molar-refractivity contribution in [3.05, 3.63) is 28.9 Å². The summed E-state index contributed by atoms with van der Waals surface area (Å²) >= 11 is 1.55. The van der Waals surface area contributed by atoms with E-state index in [1.54, 1.807) is 16.0 Å². The van der Waals surface area contributed by atoms with Gasteiger partial charge in [0.2, 0.25) is 0 Å². The van der Waals surface area contributed by atoms with Gasteiger partial charge >= 0.3 is 0 Å². The molecular formula is C13H16N2OS. The Balaban J connectivity index is 2.36. The molecule has 0 bridgehead atoms. The third-order valence-corrected chi connectivity index (χ3v) is 3.79. The number of Topliss-reactive ketones (excluding diaryl/α,β-unsaturated/α-hetero) is 1. The Hall–Kier alpha value is -1.42. The highest BCUT2D eigenvalue weighted by molar-refractivity contribution is 7.17.